The lowest BCUT2D eigenvalue weighted by Crippen LogP contribution is -2.37. The largest absolute Gasteiger partial charge is 0.481 e. The van der Waals surface area contributed by atoms with Crippen molar-refractivity contribution in [3.63, 3.8) is 0 Å². The summed E-state index contributed by atoms with van der Waals surface area (Å²) in [5, 5.41) is 13.0. The summed E-state index contributed by atoms with van der Waals surface area (Å²) in [7, 11) is 0. The third-order valence-electron chi connectivity index (χ3n) is 4.30. The first-order valence-electron chi connectivity index (χ1n) is 8.56. The first-order chi connectivity index (χ1) is 9.92. The maximum absolute atomic E-state index is 10.9. The molecular weight excluding hydrogens is 282 g/mol. The van der Waals surface area contributed by atoms with Crippen LogP contribution in [0.1, 0.15) is 72.6 Å². The standard InChI is InChI=1S/C17H35NO2S/c1-5-8-15(11-7-10-13(3)17(19)20)14(4)18-12-16(21)9-6-2/h13-16,18,21H,5-12H2,1-4H3,(H,19,20). The summed E-state index contributed by atoms with van der Waals surface area (Å²) in [5.74, 6) is -0.259. The minimum absolute atomic E-state index is 0.220. The van der Waals surface area contributed by atoms with Gasteiger partial charge in [-0.3, -0.25) is 4.79 Å². The van der Waals surface area contributed by atoms with Gasteiger partial charge in [-0.25, -0.2) is 0 Å². The Hall–Kier alpha value is -0.220. The van der Waals surface area contributed by atoms with Gasteiger partial charge in [-0.15, -0.1) is 0 Å². The summed E-state index contributed by atoms with van der Waals surface area (Å²) < 4.78 is 0. The van der Waals surface area contributed by atoms with Crippen molar-refractivity contribution in [2.24, 2.45) is 11.8 Å². The predicted molar refractivity (Wildman–Crippen MR) is 94.2 cm³/mol. The Morgan fingerprint density at radius 1 is 1.10 bits per heavy atom. The highest BCUT2D eigenvalue weighted by atomic mass is 32.1. The summed E-state index contributed by atoms with van der Waals surface area (Å²) in [6.45, 7) is 9.43. The molecule has 0 aromatic carbocycles. The topological polar surface area (TPSA) is 49.3 Å². The molecule has 4 heteroatoms. The molecule has 0 aromatic heterocycles. The summed E-state index contributed by atoms with van der Waals surface area (Å²) >= 11 is 4.60. The number of rotatable bonds is 13. The van der Waals surface area contributed by atoms with E-state index >= 15 is 0 Å². The zero-order chi connectivity index (χ0) is 16.3. The van der Waals surface area contributed by atoms with Crippen LogP contribution in [0.3, 0.4) is 0 Å². The van der Waals surface area contributed by atoms with Gasteiger partial charge < -0.3 is 10.4 Å². The molecule has 0 heterocycles. The molecule has 0 bridgehead atoms. The Labute approximate surface area is 136 Å². The van der Waals surface area contributed by atoms with Gasteiger partial charge >= 0.3 is 5.97 Å². The number of thiol groups is 1. The van der Waals surface area contributed by atoms with Crippen molar-refractivity contribution < 1.29 is 9.90 Å². The fourth-order valence-electron chi connectivity index (χ4n) is 2.75. The number of aliphatic carboxylic acids is 1. The van der Waals surface area contributed by atoms with Gasteiger partial charge in [0.05, 0.1) is 5.92 Å². The lowest BCUT2D eigenvalue weighted by Gasteiger charge is -2.26. The van der Waals surface area contributed by atoms with Gasteiger partial charge in [0.15, 0.2) is 0 Å². The molecule has 126 valence electrons. The maximum Gasteiger partial charge on any atom is 0.306 e. The van der Waals surface area contributed by atoms with E-state index in [-0.39, 0.29) is 5.92 Å². The Balaban J connectivity index is 4.11. The Morgan fingerprint density at radius 2 is 1.71 bits per heavy atom. The Bertz CT molecular complexity index is 274. The van der Waals surface area contributed by atoms with E-state index in [2.05, 4.69) is 38.7 Å². The van der Waals surface area contributed by atoms with Crippen molar-refractivity contribution in [3.05, 3.63) is 0 Å². The molecule has 0 rings (SSSR count). The summed E-state index contributed by atoms with van der Waals surface area (Å²) in [4.78, 5) is 10.9. The van der Waals surface area contributed by atoms with Gasteiger partial charge in [0.25, 0.3) is 0 Å². The van der Waals surface area contributed by atoms with Crippen LogP contribution in [0.2, 0.25) is 0 Å². The smallest absolute Gasteiger partial charge is 0.306 e. The number of carboxylic acids is 1. The molecule has 0 aromatic rings. The van der Waals surface area contributed by atoms with Crippen molar-refractivity contribution in [3.8, 4) is 0 Å². The first-order valence-corrected chi connectivity index (χ1v) is 9.08. The summed E-state index contributed by atoms with van der Waals surface area (Å²) in [6.07, 6.45) is 7.62. The fourth-order valence-corrected chi connectivity index (χ4v) is 3.11. The molecule has 0 aliphatic rings. The van der Waals surface area contributed by atoms with Crippen molar-refractivity contribution in [2.45, 2.75) is 83.9 Å². The van der Waals surface area contributed by atoms with Crippen LogP contribution in [0.4, 0.5) is 0 Å². The van der Waals surface area contributed by atoms with E-state index in [0.29, 0.717) is 17.2 Å². The van der Waals surface area contributed by atoms with Crippen LogP contribution in [0.25, 0.3) is 0 Å². The average molecular weight is 318 g/mol. The number of carbonyl (C=O) groups is 1. The Morgan fingerprint density at radius 3 is 2.24 bits per heavy atom. The van der Waals surface area contributed by atoms with Crippen molar-refractivity contribution >= 4 is 18.6 Å². The van der Waals surface area contributed by atoms with Gasteiger partial charge in [0.1, 0.15) is 0 Å². The number of hydrogen-bond acceptors (Lipinski definition) is 3. The van der Waals surface area contributed by atoms with Gasteiger partial charge in [-0.05, 0) is 38.5 Å². The number of hydrogen-bond donors (Lipinski definition) is 3. The van der Waals surface area contributed by atoms with Crippen LogP contribution in [0, 0.1) is 11.8 Å². The molecule has 0 radical (unpaired) electrons. The summed E-state index contributed by atoms with van der Waals surface area (Å²) in [6, 6.07) is 0.483. The van der Waals surface area contributed by atoms with Crippen molar-refractivity contribution in [2.75, 3.05) is 6.54 Å². The average Bonchev–Trinajstić information content (AvgIpc) is 2.43. The van der Waals surface area contributed by atoms with Crippen LogP contribution in [-0.4, -0.2) is 28.9 Å². The van der Waals surface area contributed by atoms with E-state index in [1.807, 2.05) is 0 Å². The second kappa shape index (κ2) is 12.3. The first kappa shape index (κ1) is 20.8. The molecule has 0 spiro atoms. The highest BCUT2D eigenvalue weighted by Gasteiger charge is 2.18. The van der Waals surface area contributed by atoms with E-state index in [4.69, 9.17) is 5.11 Å². The van der Waals surface area contributed by atoms with Gasteiger partial charge in [-0.2, -0.15) is 12.6 Å². The monoisotopic (exact) mass is 317 g/mol. The van der Waals surface area contributed by atoms with E-state index in [1.54, 1.807) is 6.92 Å². The van der Waals surface area contributed by atoms with Crippen LogP contribution >= 0.6 is 12.6 Å². The molecule has 0 amide bonds. The lowest BCUT2D eigenvalue weighted by molar-refractivity contribution is -0.141. The molecule has 0 fully saturated rings. The zero-order valence-corrected chi connectivity index (χ0v) is 15.2. The quantitative estimate of drug-likeness (QED) is 0.442. The van der Waals surface area contributed by atoms with Crippen LogP contribution < -0.4 is 5.32 Å². The minimum Gasteiger partial charge on any atom is -0.481 e. The van der Waals surface area contributed by atoms with Crippen molar-refractivity contribution in [1.82, 2.24) is 5.32 Å². The summed E-state index contributed by atoms with van der Waals surface area (Å²) in [5.41, 5.74) is 0. The molecule has 0 saturated carbocycles. The number of carboxylic acid groups (broad SMARTS) is 1. The van der Waals surface area contributed by atoms with Gasteiger partial charge in [0.2, 0.25) is 0 Å². The molecule has 0 aliphatic heterocycles. The number of nitrogens with one attached hydrogen (secondary N) is 1. The van der Waals surface area contributed by atoms with E-state index < -0.39 is 5.97 Å². The highest BCUT2D eigenvalue weighted by Crippen LogP contribution is 2.21. The maximum atomic E-state index is 10.9. The molecule has 21 heavy (non-hydrogen) atoms. The van der Waals surface area contributed by atoms with E-state index in [0.717, 1.165) is 32.2 Å². The van der Waals surface area contributed by atoms with E-state index in [9.17, 15) is 4.79 Å². The van der Waals surface area contributed by atoms with E-state index in [1.165, 1.54) is 19.3 Å². The molecule has 4 unspecified atom stereocenters. The lowest BCUT2D eigenvalue weighted by atomic mass is 9.89. The van der Waals surface area contributed by atoms with Crippen LogP contribution in [-0.2, 0) is 4.79 Å². The van der Waals surface area contributed by atoms with Gasteiger partial charge in [-0.1, -0.05) is 40.0 Å². The molecule has 0 saturated heterocycles. The SMILES string of the molecule is CCCC(S)CNC(C)C(CCC)CCCC(C)C(=O)O. The molecule has 4 atom stereocenters. The molecule has 2 N–H and O–H groups in total. The zero-order valence-electron chi connectivity index (χ0n) is 14.3. The van der Waals surface area contributed by atoms with Crippen molar-refractivity contribution in [1.29, 1.82) is 0 Å². The molecular formula is C17H35NO2S. The minimum atomic E-state index is -0.675. The molecule has 0 aliphatic carbocycles. The third kappa shape index (κ3) is 10.2. The highest BCUT2D eigenvalue weighted by molar-refractivity contribution is 7.81. The predicted octanol–water partition coefficient (Wildman–Crippen LogP) is 4.37. The third-order valence-corrected chi connectivity index (χ3v) is 4.74. The molecule has 3 nitrogen and oxygen atoms in total. The Kier molecular flexibility index (Phi) is 12.2. The second-order valence-electron chi connectivity index (χ2n) is 6.36. The van der Waals surface area contributed by atoms with Gasteiger partial charge in [0, 0.05) is 17.8 Å². The fraction of sp³-hybridized carbons (Fsp3) is 0.941. The van der Waals surface area contributed by atoms with Crippen LogP contribution in [0.5, 0.6) is 0 Å². The second-order valence-corrected chi connectivity index (χ2v) is 7.09. The normalized spacial score (nSPS) is 17.2. The van der Waals surface area contributed by atoms with Crippen LogP contribution in [0.15, 0.2) is 0 Å².